The van der Waals surface area contributed by atoms with Crippen LogP contribution in [-0.2, 0) is 4.79 Å². The molecule has 31 heavy (non-hydrogen) atoms. The maximum Gasteiger partial charge on any atom is 0.283 e. The van der Waals surface area contributed by atoms with Gasteiger partial charge in [0.2, 0.25) is 5.17 Å². The zero-order valence-electron chi connectivity index (χ0n) is 17.0. The molecule has 7 heteroatoms. The van der Waals surface area contributed by atoms with Crippen LogP contribution in [0.1, 0.15) is 22.5 Å². The van der Waals surface area contributed by atoms with E-state index in [0.29, 0.717) is 5.17 Å². The van der Waals surface area contributed by atoms with Crippen molar-refractivity contribution in [2.45, 2.75) is 13.8 Å². The first kappa shape index (κ1) is 19.3. The van der Waals surface area contributed by atoms with Crippen molar-refractivity contribution in [2.75, 3.05) is 0 Å². The number of carbonyl (C=O) groups excluding carboxylic acids is 1. The van der Waals surface area contributed by atoms with Gasteiger partial charge >= 0.3 is 0 Å². The van der Waals surface area contributed by atoms with Crippen molar-refractivity contribution in [3.8, 4) is 5.69 Å². The molecule has 3 aromatic rings. The monoisotopic (exact) mass is 425 g/mol. The first-order valence-electron chi connectivity index (χ1n) is 9.83. The predicted octanol–water partition coefficient (Wildman–Crippen LogP) is 4.76. The molecule has 2 aliphatic rings. The molecular weight excluding hydrogens is 406 g/mol. The largest absolute Gasteiger partial charge is 0.318 e. The van der Waals surface area contributed by atoms with Crippen LogP contribution in [0.15, 0.2) is 82.4 Å². The molecule has 5 rings (SSSR count). The van der Waals surface area contributed by atoms with Gasteiger partial charge in [0.25, 0.3) is 5.91 Å². The van der Waals surface area contributed by atoms with Crippen LogP contribution in [0, 0.1) is 19.3 Å². The normalized spacial score (nSPS) is 17.1. The lowest BCUT2D eigenvalue weighted by Gasteiger charge is -2.20. The van der Waals surface area contributed by atoms with Crippen LogP contribution in [0.25, 0.3) is 11.8 Å². The Hall–Kier alpha value is -3.71. The van der Waals surface area contributed by atoms with E-state index in [1.165, 1.54) is 16.8 Å². The zero-order valence-corrected chi connectivity index (χ0v) is 17.9. The van der Waals surface area contributed by atoms with Crippen LogP contribution >= 0.6 is 11.8 Å². The molecule has 2 aliphatic heterocycles. The Balaban J connectivity index is 1.52. The van der Waals surface area contributed by atoms with Gasteiger partial charge in [-0.3, -0.25) is 10.2 Å². The Morgan fingerprint density at radius 3 is 2.39 bits per heavy atom. The molecule has 3 heterocycles. The molecule has 0 radical (unpaired) electrons. The topological polar surface area (TPSA) is 73.8 Å². The van der Waals surface area contributed by atoms with E-state index in [4.69, 9.17) is 5.41 Å². The lowest BCUT2D eigenvalue weighted by atomic mass is 10.1. The lowest BCUT2D eigenvalue weighted by molar-refractivity contribution is -0.114. The van der Waals surface area contributed by atoms with Gasteiger partial charge in [0.15, 0.2) is 5.84 Å². The Morgan fingerprint density at radius 1 is 1.00 bits per heavy atom. The number of fused-ring (bicyclic) bond motifs is 1. The first-order chi connectivity index (χ1) is 15.0. The molecule has 0 fully saturated rings. The SMILES string of the molecule is Cc1cc(/C=C2\C(=N)N3N=C(c4ccccc4)SC3=NC2=O)c(C)n1-c1ccccc1. The van der Waals surface area contributed by atoms with Crippen molar-refractivity contribution < 1.29 is 4.79 Å². The Morgan fingerprint density at radius 2 is 1.68 bits per heavy atom. The summed E-state index contributed by atoms with van der Waals surface area (Å²) in [4.78, 5) is 17.0. The molecule has 0 bridgehead atoms. The number of nitrogens with zero attached hydrogens (tertiary/aromatic N) is 4. The number of hydrazone groups is 1. The number of aryl methyl sites for hydroxylation is 1. The van der Waals surface area contributed by atoms with Crippen LogP contribution in [0.5, 0.6) is 0 Å². The van der Waals surface area contributed by atoms with Crippen molar-refractivity contribution in [1.82, 2.24) is 9.58 Å². The summed E-state index contributed by atoms with van der Waals surface area (Å²) < 4.78 is 2.13. The average molecular weight is 426 g/mol. The summed E-state index contributed by atoms with van der Waals surface area (Å²) in [5.41, 5.74) is 5.15. The highest BCUT2D eigenvalue weighted by atomic mass is 32.2. The molecule has 2 aromatic carbocycles. The average Bonchev–Trinajstić information content (AvgIpc) is 3.33. The van der Waals surface area contributed by atoms with Crippen LogP contribution < -0.4 is 0 Å². The minimum atomic E-state index is -0.419. The molecule has 6 nitrogen and oxygen atoms in total. The molecule has 0 atom stereocenters. The van der Waals surface area contributed by atoms with E-state index >= 15 is 0 Å². The summed E-state index contributed by atoms with van der Waals surface area (Å²) in [5, 5.41) is 15.8. The van der Waals surface area contributed by atoms with Crippen LogP contribution in [0.3, 0.4) is 0 Å². The maximum absolute atomic E-state index is 12.8. The molecule has 1 amide bonds. The fraction of sp³-hybridized carbons (Fsp3) is 0.0833. The quantitative estimate of drug-likeness (QED) is 0.615. The number of hydrogen-bond acceptors (Lipinski definition) is 4. The summed E-state index contributed by atoms with van der Waals surface area (Å²) in [7, 11) is 0. The highest BCUT2D eigenvalue weighted by molar-refractivity contribution is 8.27. The highest BCUT2D eigenvalue weighted by Gasteiger charge is 2.36. The number of nitrogens with one attached hydrogen (secondary N) is 1. The predicted molar refractivity (Wildman–Crippen MR) is 126 cm³/mol. The van der Waals surface area contributed by atoms with Gasteiger partial charge in [-0.25, -0.2) is 0 Å². The van der Waals surface area contributed by atoms with E-state index in [1.54, 1.807) is 6.08 Å². The Bertz CT molecular complexity index is 1300. The van der Waals surface area contributed by atoms with Crippen molar-refractivity contribution in [1.29, 1.82) is 5.41 Å². The van der Waals surface area contributed by atoms with Gasteiger partial charge in [-0.1, -0.05) is 48.5 Å². The summed E-state index contributed by atoms with van der Waals surface area (Å²) in [6, 6.07) is 21.8. The molecule has 0 aliphatic carbocycles. The second-order valence-electron chi connectivity index (χ2n) is 7.29. The smallest absolute Gasteiger partial charge is 0.283 e. The summed E-state index contributed by atoms with van der Waals surface area (Å²) in [6.07, 6.45) is 1.74. The number of aromatic nitrogens is 1. The third-order valence-electron chi connectivity index (χ3n) is 5.26. The van der Waals surface area contributed by atoms with Gasteiger partial charge in [-0.2, -0.15) is 15.1 Å². The number of hydrogen-bond donors (Lipinski definition) is 1. The van der Waals surface area contributed by atoms with Crippen LogP contribution in [0.4, 0.5) is 0 Å². The number of rotatable bonds is 3. The maximum atomic E-state index is 12.8. The second-order valence-corrected chi connectivity index (χ2v) is 8.24. The summed E-state index contributed by atoms with van der Waals surface area (Å²) in [6.45, 7) is 4.04. The van der Waals surface area contributed by atoms with Gasteiger partial charge in [-0.15, -0.1) is 0 Å². The van der Waals surface area contributed by atoms with Crippen molar-refractivity contribution >= 4 is 39.8 Å². The standard InChI is InChI=1S/C24H19N5OS/c1-15-13-18(16(2)28(15)19-11-7-4-8-12-19)14-20-21(25)29-24(26-22(20)30)31-23(27-29)17-9-5-3-6-10-17/h3-14,25H,1-2H3/b20-14+,25-21?. The number of thioether (sulfide) groups is 1. The molecular formula is C24H19N5OS. The summed E-state index contributed by atoms with van der Waals surface area (Å²) >= 11 is 1.30. The number of amides is 1. The first-order valence-corrected chi connectivity index (χ1v) is 10.6. The van der Waals surface area contributed by atoms with Crippen molar-refractivity contribution in [3.63, 3.8) is 0 Å². The fourth-order valence-electron chi connectivity index (χ4n) is 3.75. The number of para-hydroxylation sites is 1. The second kappa shape index (κ2) is 7.52. The third-order valence-corrected chi connectivity index (χ3v) is 6.22. The number of amidine groups is 2. The van der Waals surface area contributed by atoms with E-state index < -0.39 is 5.91 Å². The van der Waals surface area contributed by atoms with E-state index in [-0.39, 0.29) is 11.4 Å². The van der Waals surface area contributed by atoms with Crippen LogP contribution in [0.2, 0.25) is 0 Å². The van der Waals surface area contributed by atoms with E-state index in [0.717, 1.165) is 33.2 Å². The van der Waals surface area contributed by atoms with Crippen molar-refractivity contribution in [3.05, 3.63) is 94.8 Å². The van der Waals surface area contributed by atoms with Gasteiger partial charge in [-0.05, 0) is 55.4 Å². The number of carbonyl (C=O) groups is 1. The molecule has 0 saturated carbocycles. The molecule has 152 valence electrons. The number of benzene rings is 2. The van der Waals surface area contributed by atoms with Gasteiger partial charge < -0.3 is 4.57 Å². The Kier molecular flexibility index (Phi) is 4.67. The van der Waals surface area contributed by atoms with Crippen LogP contribution in [-0.4, -0.2) is 31.5 Å². The van der Waals surface area contributed by atoms with Crippen molar-refractivity contribution in [2.24, 2.45) is 10.1 Å². The minimum absolute atomic E-state index is 0.0398. The van der Waals surface area contributed by atoms with E-state index in [2.05, 4.69) is 14.7 Å². The van der Waals surface area contributed by atoms with E-state index in [1.807, 2.05) is 80.6 Å². The highest BCUT2D eigenvalue weighted by Crippen LogP contribution is 2.31. The summed E-state index contributed by atoms with van der Waals surface area (Å²) in [5.74, 6) is -0.379. The van der Waals surface area contributed by atoms with Gasteiger partial charge in [0, 0.05) is 22.6 Å². The Labute approximate surface area is 184 Å². The molecule has 1 aromatic heterocycles. The zero-order chi connectivity index (χ0) is 21.5. The molecule has 0 spiro atoms. The number of aliphatic imine (C=N–C) groups is 1. The lowest BCUT2D eigenvalue weighted by Crippen LogP contribution is -2.35. The van der Waals surface area contributed by atoms with Gasteiger partial charge in [0.05, 0.1) is 5.57 Å². The molecule has 0 saturated heterocycles. The molecule has 0 unspecified atom stereocenters. The molecule has 1 N–H and O–H groups in total. The minimum Gasteiger partial charge on any atom is -0.318 e. The van der Waals surface area contributed by atoms with E-state index in [9.17, 15) is 4.79 Å². The fourth-order valence-corrected chi connectivity index (χ4v) is 4.65. The third kappa shape index (κ3) is 3.33. The van der Waals surface area contributed by atoms with Gasteiger partial charge in [0.1, 0.15) is 5.04 Å².